The summed E-state index contributed by atoms with van der Waals surface area (Å²) in [7, 11) is -2.88. The Morgan fingerprint density at radius 1 is 1.55 bits per heavy atom. The van der Waals surface area contributed by atoms with Gasteiger partial charge in [-0.25, -0.2) is 8.42 Å². The molecule has 0 saturated carbocycles. The molecule has 0 aliphatic heterocycles. The Kier molecular flexibility index (Phi) is 4.63. The van der Waals surface area contributed by atoms with Crippen molar-refractivity contribution in [1.29, 1.82) is 0 Å². The lowest BCUT2D eigenvalue weighted by molar-refractivity contribution is 0.172. The van der Waals surface area contributed by atoms with Crippen LogP contribution < -0.4 is 5.73 Å². The summed E-state index contributed by atoms with van der Waals surface area (Å²) < 4.78 is 21.2. The van der Waals surface area contributed by atoms with Crippen LogP contribution in [-0.4, -0.2) is 38.2 Å². The van der Waals surface area contributed by atoms with Crippen molar-refractivity contribution in [3.05, 3.63) is 0 Å². The number of hydrogen-bond acceptors (Lipinski definition) is 4. The average Bonchev–Trinajstić information content (AvgIpc) is 1.85. The van der Waals surface area contributed by atoms with Gasteiger partial charge in [-0.3, -0.25) is 0 Å². The van der Waals surface area contributed by atoms with Gasteiger partial charge in [-0.15, -0.1) is 0 Å². The van der Waals surface area contributed by atoms with E-state index in [-0.39, 0.29) is 12.3 Å². The molecule has 0 aromatic carbocycles. The summed E-state index contributed by atoms with van der Waals surface area (Å²) in [5.41, 5.74) is 5.12. The van der Waals surface area contributed by atoms with Gasteiger partial charge in [0.25, 0.3) is 0 Å². The van der Waals surface area contributed by atoms with E-state index >= 15 is 0 Å². The van der Waals surface area contributed by atoms with Crippen molar-refractivity contribution >= 4 is 9.84 Å². The molecular formula is C6H15NO3S. The molecule has 0 spiro atoms. The SMILES string of the molecule is CS(=O)(=O)CCCC(O)CN. The Balaban J connectivity index is 3.43. The third kappa shape index (κ3) is 7.77. The predicted molar refractivity (Wildman–Crippen MR) is 44.0 cm³/mol. The van der Waals surface area contributed by atoms with Gasteiger partial charge in [-0.1, -0.05) is 0 Å². The van der Waals surface area contributed by atoms with Crippen LogP contribution in [-0.2, 0) is 9.84 Å². The van der Waals surface area contributed by atoms with Crippen molar-refractivity contribution in [2.24, 2.45) is 5.73 Å². The topological polar surface area (TPSA) is 80.4 Å². The first kappa shape index (κ1) is 10.9. The predicted octanol–water partition coefficient (Wildman–Crippen LogP) is -0.869. The first-order valence-corrected chi connectivity index (χ1v) is 5.57. The summed E-state index contributed by atoms with van der Waals surface area (Å²) in [4.78, 5) is 0. The van der Waals surface area contributed by atoms with Gasteiger partial charge in [-0.2, -0.15) is 0 Å². The summed E-state index contributed by atoms with van der Waals surface area (Å²) in [6, 6.07) is 0. The molecule has 0 amide bonds. The summed E-state index contributed by atoms with van der Waals surface area (Å²) >= 11 is 0. The highest BCUT2D eigenvalue weighted by molar-refractivity contribution is 7.90. The lowest BCUT2D eigenvalue weighted by atomic mass is 10.2. The molecule has 0 heterocycles. The summed E-state index contributed by atoms with van der Waals surface area (Å²) in [5.74, 6) is 0.129. The second kappa shape index (κ2) is 4.69. The van der Waals surface area contributed by atoms with E-state index in [1.165, 1.54) is 6.26 Å². The van der Waals surface area contributed by atoms with Crippen molar-refractivity contribution in [1.82, 2.24) is 0 Å². The quantitative estimate of drug-likeness (QED) is 0.578. The van der Waals surface area contributed by atoms with Gasteiger partial charge in [0.1, 0.15) is 9.84 Å². The van der Waals surface area contributed by atoms with Gasteiger partial charge in [-0.05, 0) is 12.8 Å². The Hall–Kier alpha value is -0.130. The molecule has 0 bridgehead atoms. The molecule has 0 aliphatic carbocycles. The molecule has 4 nitrogen and oxygen atoms in total. The molecule has 0 saturated heterocycles. The Bertz CT molecular complexity index is 188. The molecule has 3 N–H and O–H groups in total. The zero-order chi connectivity index (χ0) is 8.91. The van der Waals surface area contributed by atoms with Crippen LogP contribution in [0.2, 0.25) is 0 Å². The Morgan fingerprint density at radius 2 is 2.09 bits per heavy atom. The second-order valence-corrected chi connectivity index (χ2v) is 4.92. The average molecular weight is 181 g/mol. The summed E-state index contributed by atoms with van der Waals surface area (Å²) in [6.07, 6.45) is 1.57. The molecule has 5 heteroatoms. The Morgan fingerprint density at radius 3 is 2.45 bits per heavy atom. The van der Waals surface area contributed by atoms with Gasteiger partial charge in [0, 0.05) is 18.6 Å². The van der Waals surface area contributed by atoms with Crippen molar-refractivity contribution in [2.45, 2.75) is 18.9 Å². The summed E-state index contributed by atoms with van der Waals surface area (Å²) in [5, 5.41) is 8.93. The number of aliphatic hydroxyl groups excluding tert-OH is 1. The van der Waals surface area contributed by atoms with E-state index in [1.807, 2.05) is 0 Å². The van der Waals surface area contributed by atoms with E-state index in [4.69, 9.17) is 10.8 Å². The zero-order valence-corrected chi connectivity index (χ0v) is 7.47. The normalized spacial score (nSPS) is 14.8. The lowest BCUT2D eigenvalue weighted by Gasteiger charge is -2.05. The maximum atomic E-state index is 10.6. The van der Waals surface area contributed by atoms with Gasteiger partial charge in [0.05, 0.1) is 6.10 Å². The number of hydrogen-bond donors (Lipinski definition) is 2. The van der Waals surface area contributed by atoms with E-state index in [1.54, 1.807) is 0 Å². The van der Waals surface area contributed by atoms with Gasteiger partial charge in [0.15, 0.2) is 0 Å². The third-order valence-corrected chi connectivity index (χ3v) is 2.35. The van der Waals surface area contributed by atoms with Crippen LogP contribution in [0.1, 0.15) is 12.8 Å². The van der Waals surface area contributed by atoms with Crippen LogP contribution in [0.3, 0.4) is 0 Å². The van der Waals surface area contributed by atoms with E-state index in [2.05, 4.69) is 0 Å². The van der Waals surface area contributed by atoms with Crippen LogP contribution in [0.25, 0.3) is 0 Å². The third-order valence-electron chi connectivity index (χ3n) is 1.32. The number of rotatable bonds is 5. The van der Waals surface area contributed by atoms with E-state index in [0.717, 1.165) is 0 Å². The van der Waals surface area contributed by atoms with Crippen molar-refractivity contribution in [3.63, 3.8) is 0 Å². The number of sulfone groups is 1. The highest BCUT2D eigenvalue weighted by Gasteiger charge is 2.04. The lowest BCUT2D eigenvalue weighted by Crippen LogP contribution is -2.20. The fourth-order valence-electron chi connectivity index (χ4n) is 0.699. The van der Waals surface area contributed by atoms with Crippen molar-refractivity contribution in [2.75, 3.05) is 18.6 Å². The maximum Gasteiger partial charge on any atom is 0.147 e. The standard InChI is InChI=1S/C6H15NO3S/c1-11(9,10)4-2-3-6(8)5-7/h6,8H,2-5,7H2,1H3. The number of aliphatic hydroxyl groups is 1. The molecule has 0 radical (unpaired) electrons. The molecule has 0 aromatic rings. The first-order chi connectivity index (χ1) is 4.95. The van der Waals surface area contributed by atoms with Gasteiger partial charge < -0.3 is 10.8 Å². The summed E-state index contributed by atoms with van der Waals surface area (Å²) in [6.45, 7) is 0.198. The van der Waals surface area contributed by atoms with Crippen LogP contribution in [0.4, 0.5) is 0 Å². The fraction of sp³-hybridized carbons (Fsp3) is 1.00. The van der Waals surface area contributed by atoms with E-state index in [9.17, 15) is 8.42 Å². The second-order valence-electron chi connectivity index (χ2n) is 2.66. The van der Waals surface area contributed by atoms with Crippen LogP contribution in [0, 0.1) is 0 Å². The molecule has 0 aliphatic rings. The molecule has 1 atom stereocenters. The molecule has 0 aromatic heterocycles. The molecule has 0 rings (SSSR count). The molecular weight excluding hydrogens is 166 g/mol. The maximum absolute atomic E-state index is 10.6. The smallest absolute Gasteiger partial charge is 0.147 e. The van der Waals surface area contributed by atoms with Gasteiger partial charge >= 0.3 is 0 Å². The van der Waals surface area contributed by atoms with Crippen LogP contribution in [0.5, 0.6) is 0 Å². The Labute approximate surface area is 67.3 Å². The minimum absolute atomic E-state index is 0.129. The fourth-order valence-corrected chi connectivity index (χ4v) is 1.39. The first-order valence-electron chi connectivity index (χ1n) is 3.51. The molecule has 0 fully saturated rings. The molecule has 1 unspecified atom stereocenters. The minimum Gasteiger partial charge on any atom is -0.392 e. The van der Waals surface area contributed by atoms with E-state index < -0.39 is 15.9 Å². The monoisotopic (exact) mass is 181 g/mol. The highest BCUT2D eigenvalue weighted by atomic mass is 32.2. The van der Waals surface area contributed by atoms with Crippen molar-refractivity contribution in [3.8, 4) is 0 Å². The van der Waals surface area contributed by atoms with Crippen LogP contribution in [0.15, 0.2) is 0 Å². The largest absolute Gasteiger partial charge is 0.392 e. The van der Waals surface area contributed by atoms with E-state index in [0.29, 0.717) is 12.8 Å². The molecule has 68 valence electrons. The number of nitrogens with two attached hydrogens (primary N) is 1. The minimum atomic E-state index is -2.88. The van der Waals surface area contributed by atoms with Gasteiger partial charge in [0.2, 0.25) is 0 Å². The highest BCUT2D eigenvalue weighted by Crippen LogP contribution is 1.97. The van der Waals surface area contributed by atoms with Crippen molar-refractivity contribution < 1.29 is 13.5 Å². The molecule has 11 heavy (non-hydrogen) atoms. The van der Waals surface area contributed by atoms with Crippen LogP contribution >= 0.6 is 0 Å². The zero-order valence-electron chi connectivity index (χ0n) is 6.66.